The van der Waals surface area contributed by atoms with Gasteiger partial charge in [-0.3, -0.25) is 9.59 Å². The van der Waals surface area contributed by atoms with Crippen molar-refractivity contribution in [3.63, 3.8) is 0 Å². The molecule has 1 rings (SSSR count). The van der Waals surface area contributed by atoms with Crippen molar-refractivity contribution < 1.29 is 18.7 Å². The molecule has 0 aliphatic rings. The van der Waals surface area contributed by atoms with Crippen LogP contribution in [0.5, 0.6) is 5.75 Å². The van der Waals surface area contributed by atoms with Crippen LogP contribution in [0, 0.1) is 5.82 Å². The number of rotatable bonds is 6. The maximum Gasteiger partial charge on any atom is 0.223 e. The number of halogens is 1. The predicted molar refractivity (Wildman–Crippen MR) is 60.6 cm³/mol. The van der Waals surface area contributed by atoms with Crippen LogP contribution in [-0.4, -0.2) is 25.3 Å². The molecule has 0 atom stereocenters. The fraction of sp³-hybridized carbons (Fsp3) is 0.333. The quantitative estimate of drug-likeness (QED) is 0.766. The summed E-state index contributed by atoms with van der Waals surface area (Å²) in [7, 11) is 0. The van der Waals surface area contributed by atoms with Crippen LogP contribution in [0.3, 0.4) is 0 Å². The van der Waals surface area contributed by atoms with Crippen molar-refractivity contribution in [3.05, 3.63) is 29.6 Å². The lowest BCUT2D eigenvalue weighted by Gasteiger charge is -2.09. The lowest BCUT2D eigenvalue weighted by Crippen LogP contribution is -2.24. The third kappa shape index (κ3) is 3.86. The Balaban J connectivity index is 2.57. The minimum absolute atomic E-state index is 0.0353. The summed E-state index contributed by atoms with van der Waals surface area (Å²) < 4.78 is 18.4. The number of hydrogen-bond acceptors (Lipinski definition) is 3. The number of carbonyl (C=O) groups excluding carboxylic acids is 2. The number of aldehydes is 1. The van der Waals surface area contributed by atoms with Crippen molar-refractivity contribution in [3.8, 4) is 5.75 Å². The molecule has 1 amide bonds. The molecule has 0 radical (unpaired) electrons. The van der Waals surface area contributed by atoms with E-state index in [0.29, 0.717) is 12.8 Å². The fourth-order valence-corrected chi connectivity index (χ4v) is 1.30. The lowest BCUT2D eigenvalue weighted by molar-refractivity contribution is -0.121. The Hall–Kier alpha value is -1.91. The van der Waals surface area contributed by atoms with E-state index < -0.39 is 5.82 Å². The van der Waals surface area contributed by atoms with Crippen LogP contribution < -0.4 is 10.1 Å². The number of amides is 1. The average molecular weight is 239 g/mol. The summed E-state index contributed by atoms with van der Waals surface area (Å²) in [5.41, 5.74) is 0.140. The molecule has 0 unspecified atom stereocenters. The van der Waals surface area contributed by atoms with E-state index in [1.807, 2.05) is 0 Å². The number of carbonyl (C=O) groups is 2. The number of ether oxygens (including phenoxy) is 1. The van der Waals surface area contributed by atoms with Crippen molar-refractivity contribution in [2.24, 2.45) is 0 Å². The first kappa shape index (κ1) is 13.2. The highest BCUT2D eigenvalue weighted by molar-refractivity contribution is 5.79. The number of hydrogen-bond donors (Lipinski definition) is 1. The van der Waals surface area contributed by atoms with Crippen LogP contribution in [0.2, 0.25) is 0 Å². The van der Waals surface area contributed by atoms with Gasteiger partial charge in [0.05, 0.1) is 18.6 Å². The molecule has 0 aliphatic carbocycles. The molecular formula is C12H14FNO3. The topological polar surface area (TPSA) is 55.4 Å². The molecule has 17 heavy (non-hydrogen) atoms. The Labute approximate surface area is 98.8 Å². The van der Waals surface area contributed by atoms with Gasteiger partial charge in [0.15, 0.2) is 17.9 Å². The van der Waals surface area contributed by atoms with E-state index in [9.17, 15) is 14.0 Å². The van der Waals surface area contributed by atoms with E-state index in [1.165, 1.54) is 18.2 Å². The zero-order chi connectivity index (χ0) is 12.7. The lowest BCUT2D eigenvalue weighted by atomic mass is 10.2. The smallest absolute Gasteiger partial charge is 0.223 e. The Morgan fingerprint density at radius 2 is 2.29 bits per heavy atom. The third-order valence-corrected chi connectivity index (χ3v) is 2.07. The van der Waals surface area contributed by atoms with E-state index in [-0.39, 0.29) is 30.2 Å². The van der Waals surface area contributed by atoms with Gasteiger partial charge in [-0.2, -0.15) is 0 Å². The summed E-state index contributed by atoms with van der Waals surface area (Å²) in [6.07, 6.45) is 0.644. The zero-order valence-electron chi connectivity index (χ0n) is 9.53. The van der Waals surface area contributed by atoms with Crippen LogP contribution >= 0.6 is 0 Å². The largest absolute Gasteiger partial charge is 0.489 e. The van der Waals surface area contributed by atoms with Gasteiger partial charge in [0.1, 0.15) is 0 Å². The summed E-state index contributed by atoms with van der Waals surface area (Å²) >= 11 is 0. The van der Waals surface area contributed by atoms with Gasteiger partial charge in [-0.15, -0.1) is 0 Å². The summed E-state index contributed by atoms with van der Waals surface area (Å²) in [4.78, 5) is 21.8. The number of nitrogens with one attached hydrogen (secondary N) is 1. The molecule has 0 heterocycles. The molecule has 1 aromatic carbocycles. The van der Waals surface area contributed by atoms with Crippen molar-refractivity contribution in [1.29, 1.82) is 0 Å². The standard InChI is InChI=1S/C12H14FNO3/c1-2-14-11(16)6-7-17-12-9(8-15)4-3-5-10(12)13/h3-5,8H,2,6-7H2,1H3,(H,14,16). The SMILES string of the molecule is CCNC(=O)CCOc1c(F)cccc1C=O. The first-order chi connectivity index (χ1) is 8.19. The molecule has 0 saturated heterocycles. The van der Waals surface area contributed by atoms with E-state index in [1.54, 1.807) is 6.92 Å². The molecule has 0 saturated carbocycles. The van der Waals surface area contributed by atoms with E-state index in [0.717, 1.165) is 0 Å². The Bertz CT molecular complexity index is 407. The second kappa shape index (κ2) is 6.62. The molecule has 92 valence electrons. The van der Waals surface area contributed by atoms with Crippen LogP contribution in [0.4, 0.5) is 4.39 Å². The summed E-state index contributed by atoms with van der Waals surface area (Å²) in [5, 5.41) is 2.59. The van der Waals surface area contributed by atoms with Gasteiger partial charge >= 0.3 is 0 Å². The average Bonchev–Trinajstić information content (AvgIpc) is 2.31. The summed E-state index contributed by atoms with van der Waals surface area (Å²) in [6.45, 7) is 2.38. The normalized spacial score (nSPS) is 9.76. The maximum atomic E-state index is 13.3. The van der Waals surface area contributed by atoms with Crippen molar-refractivity contribution >= 4 is 12.2 Å². The van der Waals surface area contributed by atoms with Gasteiger partial charge in [0.25, 0.3) is 0 Å². The van der Waals surface area contributed by atoms with Crippen LogP contribution in [0.1, 0.15) is 23.7 Å². The molecule has 0 bridgehead atoms. The zero-order valence-corrected chi connectivity index (χ0v) is 9.53. The summed E-state index contributed by atoms with van der Waals surface area (Å²) in [6, 6.07) is 4.09. The van der Waals surface area contributed by atoms with Gasteiger partial charge in [0, 0.05) is 6.54 Å². The highest BCUT2D eigenvalue weighted by atomic mass is 19.1. The minimum atomic E-state index is -0.606. The van der Waals surface area contributed by atoms with E-state index >= 15 is 0 Å². The minimum Gasteiger partial charge on any atom is -0.489 e. The molecule has 1 N–H and O–H groups in total. The second-order valence-corrected chi connectivity index (χ2v) is 3.33. The molecule has 5 heteroatoms. The molecule has 0 aliphatic heterocycles. The first-order valence-electron chi connectivity index (χ1n) is 5.32. The Kier molecular flexibility index (Phi) is 5.13. The Morgan fingerprint density at radius 3 is 2.94 bits per heavy atom. The van der Waals surface area contributed by atoms with Crippen LogP contribution in [0.15, 0.2) is 18.2 Å². The van der Waals surface area contributed by atoms with Gasteiger partial charge in [-0.1, -0.05) is 6.07 Å². The molecule has 4 nitrogen and oxygen atoms in total. The van der Waals surface area contributed by atoms with Gasteiger partial charge < -0.3 is 10.1 Å². The molecular weight excluding hydrogens is 225 g/mol. The van der Waals surface area contributed by atoms with Crippen LogP contribution in [-0.2, 0) is 4.79 Å². The Morgan fingerprint density at radius 1 is 1.53 bits per heavy atom. The molecule has 0 fully saturated rings. The number of para-hydroxylation sites is 1. The van der Waals surface area contributed by atoms with Crippen LogP contribution in [0.25, 0.3) is 0 Å². The highest BCUT2D eigenvalue weighted by Crippen LogP contribution is 2.20. The van der Waals surface area contributed by atoms with Gasteiger partial charge in [-0.05, 0) is 19.1 Å². The number of benzene rings is 1. The summed E-state index contributed by atoms with van der Waals surface area (Å²) in [5.74, 6) is -0.881. The van der Waals surface area contributed by atoms with Crippen molar-refractivity contribution in [2.75, 3.05) is 13.2 Å². The van der Waals surface area contributed by atoms with Gasteiger partial charge in [-0.25, -0.2) is 4.39 Å². The van der Waals surface area contributed by atoms with E-state index in [4.69, 9.17) is 4.74 Å². The second-order valence-electron chi connectivity index (χ2n) is 3.33. The predicted octanol–water partition coefficient (Wildman–Crippen LogP) is 1.54. The van der Waals surface area contributed by atoms with Crippen molar-refractivity contribution in [1.82, 2.24) is 5.32 Å². The third-order valence-electron chi connectivity index (χ3n) is 2.07. The van der Waals surface area contributed by atoms with Crippen molar-refractivity contribution in [2.45, 2.75) is 13.3 Å². The fourth-order valence-electron chi connectivity index (χ4n) is 1.30. The molecule has 0 aromatic heterocycles. The molecule has 1 aromatic rings. The van der Waals surface area contributed by atoms with E-state index in [2.05, 4.69) is 5.32 Å². The van der Waals surface area contributed by atoms with Gasteiger partial charge in [0.2, 0.25) is 5.91 Å². The first-order valence-corrected chi connectivity index (χ1v) is 5.32. The highest BCUT2D eigenvalue weighted by Gasteiger charge is 2.09. The molecule has 0 spiro atoms. The monoisotopic (exact) mass is 239 g/mol. The maximum absolute atomic E-state index is 13.3.